The Kier molecular flexibility index (Phi) is 7.28. The maximum absolute atomic E-state index is 12.1. The molecule has 0 saturated heterocycles. The van der Waals surface area contributed by atoms with Gasteiger partial charge in [0.25, 0.3) is 0 Å². The first-order valence-electron chi connectivity index (χ1n) is 9.30. The van der Waals surface area contributed by atoms with Gasteiger partial charge in [-0.25, -0.2) is 4.79 Å². The van der Waals surface area contributed by atoms with E-state index in [4.69, 9.17) is 14.2 Å². The predicted molar refractivity (Wildman–Crippen MR) is 103 cm³/mol. The number of fused-ring (bicyclic) bond motifs is 1. The molecule has 1 aliphatic rings. The molecular formula is C21H29NO5. The molecule has 148 valence electrons. The molecule has 0 radical (unpaired) electrons. The summed E-state index contributed by atoms with van der Waals surface area (Å²) in [4.78, 5) is 23.9. The fourth-order valence-electron chi connectivity index (χ4n) is 3.28. The maximum atomic E-state index is 12.1. The molecule has 27 heavy (non-hydrogen) atoms. The summed E-state index contributed by atoms with van der Waals surface area (Å²) in [6, 6.07) is 0. The van der Waals surface area contributed by atoms with E-state index < -0.39 is 0 Å². The number of carbonyl (C=O) groups is 2. The van der Waals surface area contributed by atoms with Gasteiger partial charge in [-0.05, 0) is 38.7 Å². The third-order valence-electron chi connectivity index (χ3n) is 4.80. The number of hydrogen-bond acceptors (Lipinski definition) is 5. The second-order valence-corrected chi connectivity index (χ2v) is 6.70. The number of nitrogens with one attached hydrogen (secondary N) is 1. The minimum absolute atomic E-state index is 0.0656. The van der Waals surface area contributed by atoms with Crippen molar-refractivity contribution in [1.29, 1.82) is 0 Å². The van der Waals surface area contributed by atoms with Gasteiger partial charge in [-0.3, -0.25) is 4.79 Å². The van der Waals surface area contributed by atoms with Gasteiger partial charge >= 0.3 is 5.97 Å². The van der Waals surface area contributed by atoms with Crippen LogP contribution in [0.3, 0.4) is 0 Å². The van der Waals surface area contributed by atoms with E-state index in [9.17, 15) is 9.59 Å². The van der Waals surface area contributed by atoms with Crippen molar-refractivity contribution in [3.8, 4) is 11.5 Å². The molecule has 1 aliphatic heterocycles. The summed E-state index contributed by atoms with van der Waals surface area (Å²) < 4.78 is 16.4. The lowest BCUT2D eigenvalue weighted by Crippen LogP contribution is -2.23. The second-order valence-electron chi connectivity index (χ2n) is 6.70. The van der Waals surface area contributed by atoms with Gasteiger partial charge in [0, 0.05) is 24.1 Å². The quantitative estimate of drug-likeness (QED) is 0.528. The van der Waals surface area contributed by atoms with Crippen molar-refractivity contribution in [3.05, 3.63) is 33.9 Å². The van der Waals surface area contributed by atoms with E-state index in [0.717, 1.165) is 28.7 Å². The Morgan fingerprint density at radius 2 is 1.93 bits per heavy atom. The average molecular weight is 375 g/mol. The van der Waals surface area contributed by atoms with Crippen LogP contribution >= 0.6 is 0 Å². The molecule has 0 atom stereocenters. The lowest BCUT2D eigenvalue weighted by atomic mass is 9.94. The molecule has 0 fully saturated rings. The number of carbonyl (C=O) groups excluding carboxylic acids is 2. The first kappa shape index (κ1) is 20.8. The Hall–Kier alpha value is -2.50. The normalized spacial score (nSPS) is 13.2. The first-order valence-corrected chi connectivity index (χ1v) is 9.30. The van der Waals surface area contributed by atoms with Crippen molar-refractivity contribution in [2.45, 2.75) is 53.1 Å². The topological polar surface area (TPSA) is 73.9 Å². The monoisotopic (exact) mass is 375 g/mol. The van der Waals surface area contributed by atoms with E-state index in [1.165, 1.54) is 0 Å². The number of benzene rings is 1. The van der Waals surface area contributed by atoms with E-state index in [1.54, 1.807) is 14.2 Å². The molecule has 0 aromatic heterocycles. The number of hydrogen-bond donors (Lipinski definition) is 1. The standard InChI is InChI=1S/C21H29NO5/c1-6-11-22-17(23)10-8-13(2)7-9-15-19(25-4)14(3)16-12-27-21(24)18(16)20(15)26-5/h7H,6,8-12H2,1-5H3,(H,22,23)/b13-7+. The predicted octanol–water partition coefficient (Wildman–Crippen LogP) is 3.48. The van der Waals surface area contributed by atoms with Crippen molar-refractivity contribution < 1.29 is 23.8 Å². The summed E-state index contributed by atoms with van der Waals surface area (Å²) in [5.41, 5.74) is 4.15. The van der Waals surface area contributed by atoms with Crippen LogP contribution in [0.15, 0.2) is 11.6 Å². The molecule has 0 aliphatic carbocycles. The maximum Gasteiger partial charge on any atom is 0.342 e. The lowest BCUT2D eigenvalue weighted by molar-refractivity contribution is -0.121. The number of cyclic esters (lactones) is 1. The summed E-state index contributed by atoms with van der Waals surface area (Å²) >= 11 is 0. The zero-order valence-corrected chi connectivity index (χ0v) is 16.9. The highest BCUT2D eigenvalue weighted by Gasteiger charge is 2.32. The van der Waals surface area contributed by atoms with Crippen molar-refractivity contribution in [2.24, 2.45) is 0 Å². The van der Waals surface area contributed by atoms with Crippen LogP contribution in [0.1, 0.15) is 60.2 Å². The van der Waals surface area contributed by atoms with Gasteiger partial charge in [0.15, 0.2) is 0 Å². The van der Waals surface area contributed by atoms with E-state index in [0.29, 0.717) is 42.9 Å². The Labute approximate surface area is 160 Å². The van der Waals surface area contributed by atoms with Crippen LogP contribution in [0.2, 0.25) is 0 Å². The Balaban J connectivity index is 2.23. The number of ether oxygens (including phenoxy) is 3. The molecule has 1 aromatic carbocycles. The van der Waals surface area contributed by atoms with Crippen molar-refractivity contribution in [3.63, 3.8) is 0 Å². The Morgan fingerprint density at radius 3 is 2.56 bits per heavy atom. The number of esters is 1. The van der Waals surface area contributed by atoms with Crippen LogP contribution in [-0.4, -0.2) is 32.6 Å². The zero-order chi connectivity index (χ0) is 20.0. The molecule has 0 bridgehead atoms. The average Bonchev–Trinajstić information content (AvgIpc) is 3.05. The molecule has 1 N–H and O–H groups in total. The highest BCUT2D eigenvalue weighted by atomic mass is 16.5. The van der Waals surface area contributed by atoms with Crippen LogP contribution < -0.4 is 14.8 Å². The molecule has 0 saturated carbocycles. The first-order chi connectivity index (χ1) is 12.9. The molecule has 2 rings (SSSR count). The summed E-state index contributed by atoms with van der Waals surface area (Å²) in [5.74, 6) is 0.936. The van der Waals surface area contributed by atoms with Crippen molar-refractivity contribution >= 4 is 11.9 Å². The van der Waals surface area contributed by atoms with Crippen molar-refractivity contribution in [1.82, 2.24) is 5.32 Å². The molecule has 0 unspecified atom stereocenters. The number of methoxy groups -OCH3 is 2. The third-order valence-corrected chi connectivity index (χ3v) is 4.80. The van der Waals surface area contributed by atoms with Crippen LogP contribution in [0.5, 0.6) is 11.5 Å². The van der Waals surface area contributed by atoms with E-state index in [-0.39, 0.29) is 18.5 Å². The minimum Gasteiger partial charge on any atom is -0.496 e. The van der Waals surface area contributed by atoms with E-state index >= 15 is 0 Å². The van der Waals surface area contributed by atoms with Gasteiger partial charge in [-0.2, -0.15) is 0 Å². The van der Waals surface area contributed by atoms with Gasteiger partial charge < -0.3 is 19.5 Å². The second kappa shape index (κ2) is 9.44. The SMILES string of the molecule is CCCNC(=O)CC/C(C)=C/Cc1c(OC)c(C)c2c(c1OC)C(=O)OC2. The van der Waals surface area contributed by atoms with Crippen LogP contribution in [-0.2, 0) is 22.6 Å². The van der Waals surface area contributed by atoms with Crippen LogP contribution in [0, 0.1) is 6.92 Å². The van der Waals surface area contributed by atoms with Gasteiger partial charge in [-0.1, -0.05) is 18.6 Å². The number of amides is 1. The summed E-state index contributed by atoms with van der Waals surface area (Å²) in [5, 5.41) is 2.88. The minimum atomic E-state index is -0.359. The summed E-state index contributed by atoms with van der Waals surface area (Å²) in [6.45, 7) is 6.91. The lowest BCUT2D eigenvalue weighted by Gasteiger charge is -2.18. The van der Waals surface area contributed by atoms with E-state index in [2.05, 4.69) is 11.4 Å². The molecule has 1 amide bonds. The Morgan fingerprint density at radius 1 is 1.22 bits per heavy atom. The highest BCUT2D eigenvalue weighted by Crippen LogP contribution is 2.42. The van der Waals surface area contributed by atoms with Crippen LogP contribution in [0.4, 0.5) is 0 Å². The van der Waals surface area contributed by atoms with Gasteiger partial charge in [0.05, 0.1) is 14.2 Å². The third kappa shape index (κ3) is 4.62. The molecule has 1 heterocycles. The van der Waals surface area contributed by atoms with Crippen molar-refractivity contribution in [2.75, 3.05) is 20.8 Å². The fraction of sp³-hybridized carbons (Fsp3) is 0.524. The smallest absolute Gasteiger partial charge is 0.342 e. The molecule has 6 heteroatoms. The fourth-order valence-corrected chi connectivity index (χ4v) is 3.28. The van der Waals surface area contributed by atoms with Gasteiger partial charge in [0.2, 0.25) is 5.91 Å². The van der Waals surface area contributed by atoms with Gasteiger partial charge in [0.1, 0.15) is 23.7 Å². The molecule has 6 nitrogen and oxygen atoms in total. The summed E-state index contributed by atoms with van der Waals surface area (Å²) in [7, 11) is 3.16. The van der Waals surface area contributed by atoms with Crippen LogP contribution in [0.25, 0.3) is 0 Å². The largest absolute Gasteiger partial charge is 0.496 e. The summed E-state index contributed by atoms with van der Waals surface area (Å²) in [6.07, 6.45) is 4.69. The number of rotatable bonds is 9. The molecule has 1 aromatic rings. The highest BCUT2D eigenvalue weighted by molar-refractivity contribution is 5.98. The zero-order valence-electron chi connectivity index (χ0n) is 16.9. The van der Waals surface area contributed by atoms with E-state index in [1.807, 2.05) is 20.8 Å². The molecule has 0 spiro atoms. The van der Waals surface area contributed by atoms with Gasteiger partial charge in [-0.15, -0.1) is 0 Å². The number of allylic oxidation sites excluding steroid dienone is 2. The Bertz CT molecular complexity index is 752. The molecular weight excluding hydrogens is 346 g/mol.